The molecule has 0 radical (unpaired) electrons. The summed E-state index contributed by atoms with van der Waals surface area (Å²) in [6, 6.07) is 32.8. The lowest BCUT2D eigenvalue weighted by Gasteiger charge is -2.30. The van der Waals surface area contributed by atoms with Crippen LogP contribution in [0.4, 0.5) is 69.3 Å². The number of hydrogen-bond acceptors (Lipinski definition) is 28. The molecule has 8 aromatic rings. The van der Waals surface area contributed by atoms with Crippen molar-refractivity contribution in [1.29, 1.82) is 0 Å². The van der Waals surface area contributed by atoms with E-state index in [0.29, 0.717) is 79.2 Å². The first kappa shape index (κ1) is 88.8. The van der Waals surface area contributed by atoms with Crippen molar-refractivity contribution in [3.63, 3.8) is 0 Å². The van der Waals surface area contributed by atoms with Gasteiger partial charge in [0, 0.05) is 52.3 Å². The third kappa shape index (κ3) is 27.3. The molecule has 8 aliphatic rings. The molecular weight excluding hydrogens is 1570 g/mol. The Morgan fingerprint density at radius 1 is 0.331 bits per heavy atom. The molecule has 0 bridgehead atoms. The Morgan fingerprint density at radius 2 is 0.589 bits per heavy atom. The normalized spacial score (nSPS) is 17.4. The van der Waals surface area contributed by atoms with Crippen molar-refractivity contribution in [2.24, 2.45) is 0 Å². The Bertz CT molecular complexity index is 4850. The topological polar surface area (TPSA) is 386 Å². The quantitative estimate of drug-likeness (QED) is 0.0182. The van der Waals surface area contributed by atoms with Crippen LogP contribution in [0.2, 0.25) is 0 Å². The van der Waals surface area contributed by atoms with Gasteiger partial charge in [0.2, 0.25) is 23.6 Å². The fourth-order valence-corrected chi connectivity index (χ4v) is 15.3. The standard InChI is InChI=1S/4C22H30N6O2.4CH4/c4*1-2-3-11-30-22-25-20(23)19-21(26-22)28(15-18(29)24-19)14-17-8-6-7-16(12-17)13-27-9-4-5-10-27;;;;/h4*6-8,12H,2-5,9-11,13-15H2,1H3,(H,24,29)(H2,23,25,26);4*1H4/i14D2;14D;2*11D;;;;/t;;2*11-;;;;/m..10..../s1. The number of carbonyl (C=O) groups is 4. The predicted octanol–water partition coefficient (Wildman–Crippen LogP) is 13.7. The summed E-state index contributed by atoms with van der Waals surface area (Å²) in [5, 5.41) is 11.0. The monoisotopic (exact) mass is 1710 g/mol. The van der Waals surface area contributed by atoms with Crippen molar-refractivity contribution >= 4 is 92.9 Å². The Kier molecular flexibility index (Phi) is 34.4. The SMILES string of the molecule is C.C.C.C.[2H]C([2H])(c1cccc(CN2CCCC2)c1)N1CC(=O)Nc2c(N)nc(OCCCC)nc21.[2H]C(c1cccc(CN2CCCC2)c1)N1CC(=O)Nc2c(N)nc(OCCCC)nc21.[2H][C@@H](CCC)Oc1nc(N)c2c(n1)N(Cc1cccc(CN3CCCC3)c1)CC(=O)N2.[2H][C@H](CCC)Oc1nc(N)c2c(n1)N(Cc1cccc(CN3CCCC3)c1)CC(=O)N2. The number of anilines is 12. The van der Waals surface area contributed by atoms with Gasteiger partial charge in [0.15, 0.2) is 46.5 Å². The van der Waals surface area contributed by atoms with Gasteiger partial charge in [-0.3, -0.25) is 38.8 Å². The van der Waals surface area contributed by atoms with Gasteiger partial charge in [0.05, 0.1) is 59.4 Å². The number of carbonyl (C=O) groups excluding carboxylic acids is 4. The zero-order valence-corrected chi connectivity index (χ0v) is 69.7. The minimum absolute atomic E-state index is 0. The van der Waals surface area contributed by atoms with Crippen LogP contribution in [0.25, 0.3) is 0 Å². The number of likely N-dealkylation sites (tertiary alicyclic amines) is 4. The summed E-state index contributed by atoms with van der Waals surface area (Å²) in [5.74, 6) is 1.24. The smallest absolute Gasteiger partial charge is 0.320 e. The van der Waals surface area contributed by atoms with Crippen LogP contribution in [-0.4, -0.2) is 188 Å². The number of rotatable bonds is 32. The maximum absolute atomic E-state index is 12.4. The molecule has 0 spiro atoms. The highest BCUT2D eigenvalue weighted by molar-refractivity contribution is 6.05. The Labute approximate surface area is 740 Å². The van der Waals surface area contributed by atoms with Crippen LogP contribution < -0.4 is 82.7 Å². The van der Waals surface area contributed by atoms with Crippen molar-refractivity contribution < 1.29 is 45.0 Å². The Morgan fingerprint density at radius 3 is 0.919 bits per heavy atom. The number of ether oxygens (including phenoxy) is 4. The average Bonchev–Trinajstić information content (AvgIpc) is 1.04. The second kappa shape index (κ2) is 48.0. The van der Waals surface area contributed by atoms with Crippen molar-refractivity contribution in [3.8, 4) is 24.0 Å². The first-order valence-electron chi connectivity index (χ1n) is 45.2. The Hall–Kier alpha value is -11.5. The van der Waals surface area contributed by atoms with E-state index in [1.54, 1.807) is 11.0 Å². The van der Waals surface area contributed by atoms with E-state index in [9.17, 15) is 19.2 Å². The van der Waals surface area contributed by atoms with Gasteiger partial charge in [0.25, 0.3) is 0 Å². The number of nitrogens with one attached hydrogen (secondary N) is 4. The molecule has 1 unspecified atom stereocenters. The molecular formula is C92H136N24O8. The highest BCUT2D eigenvalue weighted by Gasteiger charge is 2.33. The van der Waals surface area contributed by atoms with Crippen molar-refractivity contribution in [2.75, 3.05) is 169 Å². The second-order valence-electron chi connectivity index (χ2n) is 31.3. The minimum atomic E-state index is -1.99. The zero-order valence-electron chi connectivity index (χ0n) is 74.7. The lowest BCUT2D eigenvalue weighted by Crippen LogP contribution is -2.39. The molecule has 32 heteroatoms. The number of benzene rings is 4. The number of amides is 4. The van der Waals surface area contributed by atoms with Crippen LogP contribution in [0, 0.1) is 0 Å². The summed E-state index contributed by atoms with van der Waals surface area (Å²) in [6.07, 6.45) is 16.4. The second-order valence-corrected chi connectivity index (χ2v) is 31.3. The average molecular weight is 1710 g/mol. The van der Waals surface area contributed by atoms with Gasteiger partial charge < -0.3 is 82.7 Å². The first-order chi connectivity index (χ1) is 60.5. The highest BCUT2D eigenvalue weighted by Crippen LogP contribution is 2.39. The van der Waals surface area contributed by atoms with E-state index in [2.05, 4.69) is 149 Å². The van der Waals surface area contributed by atoms with Gasteiger partial charge in [-0.25, -0.2) is 0 Å². The Balaban J connectivity index is 0.000000192. The van der Waals surface area contributed by atoms with Gasteiger partial charge in [0.1, 0.15) is 22.7 Å². The fourth-order valence-electron chi connectivity index (χ4n) is 15.3. The number of fused-ring (bicyclic) bond motifs is 4. The molecule has 8 aliphatic heterocycles. The largest absolute Gasteiger partial charge is 0.463 e. The lowest BCUT2D eigenvalue weighted by atomic mass is 10.1. The van der Waals surface area contributed by atoms with Crippen LogP contribution >= 0.6 is 0 Å². The molecule has 4 aromatic carbocycles. The summed E-state index contributed by atoms with van der Waals surface area (Å²) >= 11 is 0. The molecule has 4 saturated heterocycles. The number of nitrogens with two attached hydrogens (primary N) is 4. The van der Waals surface area contributed by atoms with E-state index in [-0.39, 0.29) is 138 Å². The van der Waals surface area contributed by atoms with E-state index in [0.717, 1.165) is 139 Å². The zero-order chi connectivity index (χ0) is 88.1. The van der Waals surface area contributed by atoms with Crippen LogP contribution in [0.15, 0.2) is 97.1 Å². The van der Waals surface area contributed by atoms with E-state index < -0.39 is 26.2 Å². The number of hydrogen-bond donors (Lipinski definition) is 8. The highest BCUT2D eigenvalue weighted by atomic mass is 16.5. The number of nitrogen functional groups attached to an aromatic ring is 4. The third-order valence-electron chi connectivity index (χ3n) is 21.3. The van der Waals surface area contributed by atoms with E-state index in [4.69, 9.17) is 48.7 Å². The summed E-state index contributed by atoms with van der Waals surface area (Å²) in [4.78, 5) is 100. The molecule has 16 rings (SSSR count). The van der Waals surface area contributed by atoms with Crippen LogP contribution in [-0.2, 0) is 71.5 Å². The first-order valence-corrected chi connectivity index (χ1v) is 42.5. The molecule has 0 aliphatic carbocycles. The summed E-state index contributed by atoms with van der Waals surface area (Å²) in [7, 11) is 0. The van der Waals surface area contributed by atoms with Gasteiger partial charge in [-0.2, -0.15) is 39.9 Å². The lowest BCUT2D eigenvalue weighted by molar-refractivity contribution is -0.116. The summed E-state index contributed by atoms with van der Waals surface area (Å²) in [5.41, 5.74) is 33.9. The van der Waals surface area contributed by atoms with Crippen molar-refractivity contribution in [2.45, 2.75) is 212 Å². The van der Waals surface area contributed by atoms with Crippen molar-refractivity contribution in [3.05, 3.63) is 142 Å². The molecule has 4 amide bonds. The molecule has 672 valence electrons. The van der Waals surface area contributed by atoms with Gasteiger partial charge in [-0.15, -0.1) is 0 Å². The third-order valence-corrected chi connectivity index (χ3v) is 21.3. The molecule has 4 fully saturated rings. The molecule has 12 N–H and O–H groups in total. The number of unbranched alkanes of at least 4 members (excludes halogenated alkanes) is 2. The predicted molar refractivity (Wildman–Crippen MR) is 497 cm³/mol. The fraction of sp³-hybridized carbons (Fsp3) is 0.522. The molecule has 4 aromatic heterocycles. The van der Waals surface area contributed by atoms with Crippen LogP contribution in [0.3, 0.4) is 0 Å². The van der Waals surface area contributed by atoms with E-state index in [1.165, 1.54) is 73.0 Å². The molecule has 0 saturated carbocycles. The van der Waals surface area contributed by atoms with Gasteiger partial charge >= 0.3 is 24.0 Å². The maximum atomic E-state index is 12.4. The number of nitrogens with zero attached hydrogens (tertiary/aromatic N) is 16. The minimum Gasteiger partial charge on any atom is -0.463 e. The van der Waals surface area contributed by atoms with Gasteiger partial charge in [-0.1, -0.05) is 180 Å². The summed E-state index contributed by atoms with van der Waals surface area (Å²) < 4.78 is 65.0. The van der Waals surface area contributed by atoms with Crippen LogP contribution in [0.1, 0.15) is 211 Å². The van der Waals surface area contributed by atoms with Crippen LogP contribution in [0.5, 0.6) is 24.0 Å². The molecule has 124 heavy (non-hydrogen) atoms. The van der Waals surface area contributed by atoms with E-state index in [1.807, 2.05) is 60.0 Å². The van der Waals surface area contributed by atoms with E-state index >= 15 is 0 Å². The van der Waals surface area contributed by atoms with Crippen molar-refractivity contribution in [1.82, 2.24) is 59.5 Å². The number of aromatic nitrogens is 8. The van der Waals surface area contributed by atoms with Gasteiger partial charge in [-0.05, 0) is 174 Å². The summed E-state index contributed by atoms with van der Waals surface area (Å²) in [6.45, 7) is 18.4. The maximum Gasteiger partial charge on any atom is 0.320 e. The molecule has 3 atom stereocenters. The molecule has 12 heterocycles. The molecule has 32 nitrogen and oxygen atoms in total.